The zero-order valence-electron chi connectivity index (χ0n) is 7.70. The van der Waals surface area contributed by atoms with Gasteiger partial charge in [-0.05, 0) is 6.07 Å². The van der Waals surface area contributed by atoms with Crippen molar-refractivity contribution in [3.05, 3.63) is 23.8 Å². The summed E-state index contributed by atoms with van der Waals surface area (Å²) < 4.78 is 10.2. The van der Waals surface area contributed by atoms with Crippen molar-refractivity contribution in [3.63, 3.8) is 0 Å². The Morgan fingerprint density at radius 2 is 2.08 bits per heavy atom. The molecular formula is C9H12N2O2. The average Bonchev–Trinajstić information content (AvgIpc) is 2.18. The van der Waals surface area contributed by atoms with Crippen LogP contribution in [0.15, 0.2) is 23.3 Å². The predicted molar refractivity (Wildman–Crippen MR) is 48.4 cm³/mol. The zero-order chi connectivity index (χ0) is 9.68. The highest BCUT2D eigenvalue weighted by atomic mass is 16.5. The van der Waals surface area contributed by atoms with Crippen molar-refractivity contribution in [1.82, 2.24) is 0 Å². The van der Waals surface area contributed by atoms with Gasteiger partial charge in [-0.25, -0.2) is 5.53 Å². The first-order valence-corrected chi connectivity index (χ1v) is 3.86. The first kappa shape index (κ1) is 9.51. The lowest BCUT2D eigenvalue weighted by Crippen LogP contribution is -1.94. The molecule has 0 atom stereocenters. The Morgan fingerprint density at radius 1 is 1.31 bits per heavy atom. The van der Waals surface area contributed by atoms with Crippen molar-refractivity contribution >= 4 is 0 Å². The topological polar surface area (TPSA) is 54.7 Å². The Bertz CT molecular complexity index is 300. The largest absolute Gasteiger partial charge is 0.493 e. The highest BCUT2D eigenvalue weighted by molar-refractivity contribution is 5.46. The molecule has 0 aliphatic carbocycles. The van der Waals surface area contributed by atoms with E-state index < -0.39 is 0 Å². The molecule has 1 aromatic rings. The van der Waals surface area contributed by atoms with Crippen LogP contribution in [0, 0.1) is 5.53 Å². The summed E-state index contributed by atoms with van der Waals surface area (Å²) in [6.07, 6.45) is 0. The molecule has 1 N–H and O–H groups in total. The minimum atomic E-state index is 0.320. The lowest BCUT2D eigenvalue weighted by molar-refractivity contribution is 0.351. The van der Waals surface area contributed by atoms with Crippen LogP contribution < -0.4 is 9.47 Å². The number of methoxy groups -OCH3 is 2. The quantitative estimate of drug-likeness (QED) is 0.722. The minimum absolute atomic E-state index is 0.320. The average molecular weight is 180 g/mol. The van der Waals surface area contributed by atoms with Crippen molar-refractivity contribution in [2.45, 2.75) is 6.54 Å². The van der Waals surface area contributed by atoms with Crippen LogP contribution in [0.25, 0.3) is 0 Å². The third-order valence-corrected chi connectivity index (χ3v) is 1.73. The number of ether oxygens (including phenoxy) is 2. The fraction of sp³-hybridized carbons (Fsp3) is 0.333. The van der Waals surface area contributed by atoms with Gasteiger partial charge < -0.3 is 9.47 Å². The zero-order valence-corrected chi connectivity index (χ0v) is 7.70. The van der Waals surface area contributed by atoms with Gasteiger partial charge in [0.25, 0.3) is 0 Å². The van der Waals surface area contributed by atoms with Gasteiger partial charge in [-0.3, -0.25) is 0 Å². The molecule has 0 saturated carbocycles. The number of hydrogen-bond acceptors (Lipinski definition) is 4. The normalized spacial score (nSPS) is 9.38. The summed E-state index contributed by atoms with van der Waals surface area (Å²) in [5.74, 6) is 1.32. The number of para-hydroxylation sites is 1. The smallest absolute Gasteiger partial charge is 0.165 e. The maximum atomic E-state index is 6.77. The Balaban J connectivity index is 3.10. The number of nitrogens with zero attached hydrogens (tertiary/aromatic N) is 1. The lowest BCUT2D eigenvalue weighted by atomic mass is 10.2. The number of benzene rings is 1. The molecule has 1 rings (SSSR count). The molecule has 70 valence electrons. The minimum Gasteiger partial charge on any atom is -0.493 e. The van der Waals surface area contributed by atoms with Crippen LogP contribution in [-0.4, -0.2) is 14.2 Å². The lowest BCUT2D eigenvalue weighted by Gasteiger charge is -2.10. The van der Waals surface area contributed by atoms with Crippen LogP contribution >= 0.6 is 0 Å². The van der Waals surface area contributed by atoms with Crippen molar-refractivity contribution < 1.29 is 9.47 Å². The highest BCUT2D eigenvalue weighted by Gasteiger charge is 2.07. The van der Waals surface area contributed by atoms with E-state index in [-0.39, 0.29) is 0 Å². The molecule has 4 heteroatoms. The van der Waals surface area contributed by atoms with Gasteiger partial charge in [-0.2, -0.15) is 5.11 Å². The van der Waals surface area contributed by atoms with Gasteiger partial charge in [0, 0.05) is 5.56 Å². The number of hydrogen-bond donors (Lipinski definition) is 1. The molecule has 0 radical (unpaired) electrons. The summed E-state index contributed by atoms with van der Waals surface area (Å²) in [7, 11) is 3.16. The maximum Gasteiger partial charge on any atom is 0.165 e. The predicted octanol–water partition coefficient (Wildman–Crippen LogP) is 2.23. The second-order valence-corrected chi connectivity index (χ2v) is 2.47. The van der Waals surface area contributed by atoms with Gasteiger partial charge in [0.05, 0.1) is 20.8 Å². The van der Waals surface area contributed by atoms with Gasteiger partial charge in [0.15, 0.2) is 11.5 Å². The van der Waals surface area contributed by atoms with Gasteiger partial charge in [0.2, 0.25) is 0 Å². The number of nitrogens with one attached hydrogen (secondary N) is 1. The molecule has 0 spiro atoms. The van der Waals surface area contributed by atoms with Crippen LogP contribution in [-0.2, 0) is 6.54 Å². The molecule has 0 aliphatic rings. The van der Waals surface area contributed by atoms with E-state index >= 15 is 0 Å². The fourth-order valence-electron chi connectivity index (χ4n) is 1.16. The summed E-state index contributed by atoms with van der Waals surface area (Å²) in [4.78, 5) is 0. The van der Waals surface area contributed by atoms with E-state index in [0.29, 0.717) is 18.0 Å². The van der Waals surface area contributed by atoms with Crippen LogP contribution in [0.4, 0.5) is 0 Å². The van der Waals surface area contributed by atoms with Crippen molar-refractivity contribution in [1.29, 1.82) is 5.53 Å². The molecule has 0 unspecified atom stereocenters. The summed E-state index contributed by atoms with van der Waals surface area (Å²) >= 11 is 0. The van der Waals surface area contributed by atoms with Crippen molar-refractivity contribution in [3.8, 4) is 11.5 Å². The monoisotopic (exact) mass is 180 g/mol. The Morgan fingerprint density at radius 3 is 2.62 bits per heavy atom. The standard InChI is InChI=1S/C9H12N2O2/c1-12-8-5-3-4-7(6-11-10)9(8)13-2/h3-5,10H,6H2,1-2H3. The van der Waals surface area contributed by atoms with E-state index in [1.54, 1.807) is 14.2 Å². The number of rotatable bonds is 4. The summed E-state index contributed by atoms with van der Waals surface area (Å²) in [5, 5.41) is 3.30. The fourth-order valence-corrected chi connectivity index (χ4v) is 1.16. The van der Waals surface area contributed by atoms with Crippen molar-refractivity contribution in [2.75, 3.05) is 14.2 Å². The first-order valence-electron chi connectivity index (χ1n) is 3.86. The van der Waals surface area contributed by atoms with Gasteiger partial charge >= 0.3 is 0 Å². The SMILES string of the molecule is COc1cccc(CN=N)c1OC. The Hall–Kier alpha value is -1.58. The molecule has 0 aliphatic heterocycles. The second kappa shape index (κ2) is 4.45. The Kier molecular flexibility index (Phi) is 3.25. The van der Waals surface area contributed by atoms with Crippen LogP contribution in [0.1, 0.15) is 5.56 Å². The van der Waals surface area contributed by atoms with Crippen molar-refractivity contribution in [2.24, 2.45) is 5.11 Å². The molecule has 0 amide bonds. The molecule has 0 heterocycles. The summed E-state index contributed by atoms with van der Waals surface area (Å²) in [6, 6.07) is 5.52. The molecule has 1 aromatic carbocycles. The Labute approximate surface area is 77.0 Å². The third kappa shape index (κ3) is 1.96. The van der Waals surface area contributed by atoms with E-state index in [2.05, 4.69) is 5.11 Å². The van der Waals surface area contributed by atoms with E-state index in [4.69, 9.17) is 15.0 Å². The van der Waals surface area contributed by atoms with E-state index in [1.165, 1.54) is 0 Å². The van der Waals surface area contributed by atoms with Gasteiger partial charge in [0.1, 0.15) is 0 Å². The summed E-state index contributed by atoms with van der Waals surface area (Å²) in [6.45, 7) is 0.320. The van der Waals surface area contributed by atoms with Crippen LogP contribution in [0.5, 0.6) is 11.5 Å². The first-order chi connectivity index (χ1) is 6.33. The highest BCUT2D eigenvalue weighted by Crippen LogP contribution is 2.30. The molecule has 13 heavy (non-hydrogen) atoms. The molecule has 0 aromatic heterocycles. The molecule has 0 bridgehead atoms. The van der Waals surface area contributed by atoms with E-state index in [1.807, 2.05) is 18.2 Å². The third-order valence-electron chi connectivity index (χ3n) is 1.73. The van der Waals surface area contributed by atoms with Gasteiger partial charge in [-0.1, -0.05) is 12.1 Å². The molecule has 0 fully saturated rings. The van der Waals surface area contributed by atoms with Crippen LogP contribution in [0.2, 0.25) is 0 Å². The molecular weight excluding hydrogens is 168 g/mol. The van der Waals surface area contributed by atoms with Crippen LogP contribution in [0.3, 0.4) is 0 Å². The van der Waals surface area contributed by atoms with Gasteiger partial charge in [-0.15, -0.1) is 0 Å². The maximum absolute atomic E-state index is 6.77. The van der Waals surface area contributed by atoms with E-state index in [0.717, 1.165) is 5.56 Å². The summed E-state index contributed by atoms with van der Waals surface area (Å²) in [5.41, 5.74) is 7.63. The molecule has 4 nitrogen and oxygen atoms in total. The second-order valence-electron chi connectivity index (χ2n) is 2.47. The molecule has 0 saturated heterocycles. The van der Waals surface area contributed by atoms with E-state index in [9.17, 15) is 0 Å².